The molecule has 2 nitrogen and oxygen atoms in total. The lowest BCUT2D eigenvalue weighted by Crippen LogP contribution is -2.13. The summed E-state index contributed by atoms with van der Waals surface area (Å²) in [7, 11) is -0.00834. The highest BCUT2D eigenvalue weighted by Crippen LogP contribution is 2.24. The van der Waals surface area contributed by atoms with Crippen LogP contribution in [-0.2, 0) is 9.84 Å². The largest absolute Gasteiger partial charge is 1.03 e. The first-order valence-electron chi connectivity index (χ1n) is 7.79. The molecule has 0 spiro atoms. The number of rotatable bonds is 2. The van der Waals surface area contributed by atoms with Crippen molar-refractivity contribution in [3.8, 4) is 0 Å². The molecule has 2 radical (unpaired) electrons. The van der Waals surface area contributed by atoms with Crippen LogP contribution in [0.2, 0.25) is 0 Å². The highest BCUT2D eigenvalue weighted by Gasteiger charge is 2.28. The van der Waals surface area contributed by atoms with Crippen LogP contribution in [0.15, 0.2) is 54.6 Å². The van der Waals surface area contributed by atoms with E-state index in [9.17, 15) is 0 Å². The van der Waals surface area contributed by atoms with Crippen LogP contribution in [0.5, 0.6) is 0 Å². The van der Waals surface area contributed by atoms with Crippen molar-refractivity contribution >= 4 is 21.5 Å². The van der Waals surface area contributed by atoms with E-state index in [4.69, 9.17) is 8.54 Å². The van der Waals surface area contributed by atoms with Crippen LogP contribution in [0.1, 0.15) is 47.1 Å². The number of aryl methyl sites for hydroxylation is 1. The molecule has 0 saturated carbocycles. The summed E-state index contributed by atoms with van der Waals surface area (Å²) in [5.74, 6) is 1.73. The zero-order valence-electron chi connectivity index (χ0n) is 14.0. The molecule has 0 unspecified atom stereocenters. The molecule has 3 rings (SSSR count). The maximum atomic E-state index is 5.71. The Kier molecular flexibility index (Phi) is 4.22. The van der Waals surface area contributed by atoms with E-state index in [1.54, 1.807) is 0 Å². The maximum absolute atomic E-state index is 5.71. The van der Waals surface area contributed by atoms with E-state index in [1.165, 1.54) is 11.1 Å². The number of ketones is 1. The summed E-state index contributed by atoms with van der Waals surface area (Å²) < 4.78 is 11.4. The third kappa shape index (κ3) is 3.62. The second kappa shape index (κ2) is 6.17. The van der Waals surface area contributed by atoms with Crippen molar-refractivity contribution in [2.75, 3.05) is 0 Å². The zero-order chi connectivity index (χ0) is 16.4. The summed E-state index contributed by atoms with van der Waals surface area (Å²) >= 11 is 0. The topological polar surface area (TPSA) is 20.5 Å². The zero-order valence-corrected chi connectivity index (χ0v) is 15.0. The van der Waals surface area contributed by atoms with Gasteiger partial charge in [-0.25, -0.2) is 0 Å². The van der Waals surface area contributed by atoms with Crippen LogP contribution >= 0.6 is 0 Å². The molecule has 1 aliphatic rings. The summed E-state index contributed by atoms with van der Waals surface area (Å²) in [5, 5.41) is 0. The predicted octanol–water partition coefficient (Wildman–Crippen LogP) is 4.62. The average Bonchev–Trinajstić information content (AvgIpc) is 2.55. The van der Waals surface area contributed by atoms with Gasteiger partial charge in [-0.1, -0.05) is 62.7 Å². The fourth-order valence-corrected chi connectivity index (χ4v) is 3.00. The van der Waals surface area contributed by atoms with E-state index in [0.29, 0.717) is 0 Å². The molecule has 0 saturated heterocycles. The van der Waals surface area contributed by atoms with Gasteiger partial charge in [0.1, 0.15) is 5.76 Å². The van der Waals surface area contributed by atoms with E-state index >= 15 is 0 Å². The van der Waals surface area contributed by atoms with Gasteiger partial charge in [0, 0.05) is 5.56 Å². The molecule has 2 aromatic rings. The minimum atomic E-state index is -0.00834. The molecule has 0 aromatic heterocycles. The van der Waals surface area contributed by atoms with Crippen molar-refractivity contribution in [1.82, 2.24) is 0 Å². The van der Waals surface area contributed by atoms with Crippen molar-refractivity contribution in [3.05, 3.63) is 76.9 Å². The summed E-state index contributed by atoms with van der Waals surface area (Å²) in [6.45, 7) is 8.74. The van der Waals surface area contributed by atoms with Gasteiger partial charge in [-0.15, -0.1) is 0 Å². The van der Waals surface area contributed by atoms with E-state index in [0.717, 1.165) is 22.7 Å². The van der Waals surface area contributed by atoms with E-state index in [-0.39, 0.29) is 15.4 Å². The smallest absolute Gasteiger partial charge is 0.460 e. The summed E-state index contributed by atoms with van der Waals surface area (Å²) in [6.07, 6.45) is 1.98. The number of benzene rings is 2. The van der Waals surface area contributed by atoms with Crippen molar-refractivity contribution in [2.24, 2.45) is 0 Å². The molecule has 3 heteroatoms. The molecule has 0 bridgehead atoms. The minimum Gasteiger partial charge on any atom is -0.460 e. The van der Waals surface area contributed by atoms with Crippen LogP contribution in [0.4, 0.5) is 0 Å². The maximum Gasteiger partial charge on any atom is 1.03 e. The van der Waals surface area contributed by atoms with Gasteiger partial charge in [-0.3, -0.25) is 0 Å². The molecule has 0 fully saturated rings. The number of hydrogen-bond donors (Lipinski definition) is 0. The van der Waals surface area contributed by atoms with Gasteiger partial charge in [-0.2, -0.15) is 0 Å². The second-order valence-electron chi connectivity index (χ2n) is 6.85. The molecule has 1 aliphatic heterocycles. The third-order valence-electron chi connectivity index (χ3n) is 3.94. The van der Waals surface area contributed by atoms with Gasteiger partial charge >= 0.3 is 15.8 Å². The quantitative estimate of drug-likeness (QED) is 0.584. The Morgan fingerprint density at radius 2 is 1.48 bits per heavy atom. The lowest BCUT2D eigenvalue weighted by molar-refractivity contribution is -0.101. The van der Waals surface area contributed by atoms with Crippen LogP contribution in [0, 0.1) is 6.92 Å². The monoisotopic (exact) mass is 321 g/mol. The number of hydrogen-bond acceptors (Lipinski definition) is 1. The molecule has 116 valence electrons. The Hall–Kier alpha value is -2.13. The van der Waals surface area contributed by atoms with Gasteiger partial charge in [-0.05, 0) is 30.0 Å². The molecule has 2 aromatic carbocycles. The normalized spacial score (nSPS) is 14.8. The number of allylic oxidation sites excluding steroid dienone is 1. The Morgan fingerprint density at radius 1 is 0.870 bits per heavy atom. The molecular formula is C20H21O2Si+. The van der Waals surface area contributed by atoms with Gasteiger partial charge in [0.05, 0.1) is 11.6 Å². The minimum absolute atomic E-state index is 0.00834. The summed E-state index contributed by atoms with van der Waals surface area (Å²) in [5.41, 5.74) is 4.88. The molecule has 0 atom stereocenters. The van der Waals surface area contributed by atoms with E-state index in [2.05, 4.69) is 76.2 Å². The van der Waals surface area contributed by atoms with E-state index < -0.39 is 0 Å². The van der Waals surface area contributed by atoms with Gasteiger partial charge in [0.2, 0.25) is 0 Å². The average molecular weight is 321 g/mol. The third-order valence-corrected chi connectivity index (χ3v) is 4.54. The Balaban J connectivity index is 1.88. The molecule has 0 aliphatic carbocycles. The second-order valence-corrected chi connectivity index (χ2v) is 7.43. The molecule has 1 heterocycles. The SMILES string of the molecule is Cc1ccc(C2=CC(c3ccc(C(C)(C)C)cc3)=[O+][Si]O2)cc1. The lowest BCUT2D eigenvalue weighted by Gasteiger charge is -2.18. The molecule has 0 amide bonds. The molecular weight excluding hydrogens is 300 g/mol. The van der Waals surface area contributed by atoms with Crippen LogP contribution in [-0.4, -0.2) is 15.8 Å². The first-order valence-corrected chi connectivity index (χ1v) is 8.60. The van der Waals surface area contributed by atoms with Crippen molar-refractivity contribution in [1.29, 1.82) is 0 Å². The van der Waals surface area contributed by atoms with Gasteiger partial charge < -0.3 is 8.54 Å². The highest BCUT2D eigenvalue weighted by atomic mass is 28.2. The van der Waals surface area contributed by atoms with Crippen LogP contribution < -0.4 is 0 Å². The Labute approximate surface area is 140 Å². The Bertz CT molecular complexity index is 748. The standard InChI is InChI=1S/C20H21O2Si/c1-14-5-7-15(8-6-14)18-13-19(22-23-21-18)16-9-11-17(12-10-16)20(2,3)4/h5-13H,1-4H3/q+1. The fourth-order valence-electron chi connectivity index (χ4n) is 2.43. The Morgan fingerprint density at radius 3 is 2.09 bits per heavy atom. The van der Waals surface area contributed by atoms with Crippen molar-refractivity contribution < 1.29 is 8.54 Å². The summed E-state index contributed by atoms with van der Waals surface area (Å²) in [6, 6.07) is 16.9. The highest BCUT2D eigenvalue weighted by molar-refractivity contribution is 6.25. The fraction of sp³-hybridized carbons (Fsp3) is 0.250. The summed E-state index contributed by atoms with van der Waals surface area (Å²) in [4.78, 5) is 0. The van der Waals surface area contributed by atoms with Crippen LogP contribution in [0.3, 0.4) is 0 Å². The van der Waals surface area contributed by atoms with Crippen molar-refractivity contribution in [3.63, 3.8) is 0 Å². The predicted molar refractivity (Wildman–Crippen MR) is 95.5 cm³/mol. The van der Waals surface area contributed by atoms with Crippen LogP contribution in [0.25, 0.3) is 5.76 Å². The van der Waals surface area contributed by atoms with Gasteiger partial charge in [0.15, 0.2) is 0 Å². The first kappa shape index (κ1) is 15.8. The van der Waals surface area contributed by atoms with E-state index in [1.807, 2.05) is 6.08 Å². The van der Waals surface area contributed by atoms with Gasteiger partial charge in [0.25, 0.3) is 0 Å². The molecule has 0 N–H and O–H groups in total. The van der Waals surface area contributed by atoms with Crippen molar-refractivity contribution in [2.45, 2.75) is 33.1 Å². The molecule has 23 heavy (non-hydrogen) atoms. The lowest BCUT2D eigenvalue weighted by atomic mass is 9.86. The number of carbonyl (C=O) groups excluding carboxylic acids is 1. The first-order chi connectivity index (χ1) is 10.9.